The van der Waals surface area contributed by atoms with Crippen LogP contribution in [0.15, 0.2) is 164 Å². The Bertz CT molecular complexity index is 2740. The van der Waals surface area contributed by atoms with E-state index in [0.717, 1.165) is 49.0 Å². The van der Waals surface area contributed by atoms with E-state index in [0.29, 0.717) is 17.5 Å². The lowest BCUT2D eigenvalue weighted by molar-refractivity contribution is 0.660. The Balaban J connectivity index is 1.14. The molecule has 0 amide bonds. The molecule has 1 aliphatic rings. The molecule has 51 heavy (non-hydrogen) atoms. The molecule has 0 fully saturated rings. The molecule has 240 valence electrons. The summed E-state index contributed by atoms with van der Waals surface area (Å²) in [7, 11) is 0. The van der Waals surface area contributed by atoms with Gasteiger partial charge in [0, 0.05) is 22.1 Å². The molecule has 3 nitrogen and oxygen atoms in total. The molecular weight excluding hydrogens is 619 g/mol. The van der Waals surface area contributed by atoms with Crippen molar-refractivity contribution in [2.75, 3.05) is 0 Å². The first-order valence-corrected chi connectivity index (χ1v) is 17.5. The van der Waals surface area contributed by atoms with Gasteiger partial charge in [-0.1, -0.05) is 166 Å². The van der Waals surface area contributed by atoms with Crippen molar-refractivity contribution >= 4 is 32.3 Å². The number of benzene rings is 8. The fourth-order valence-electron chi connectivity index (χ4n) is 8.12. The van der Waals surface area contributed by atoms with Gasteiger partial charge in [0.05, 0.1) is 0 Å². The number of nitrogens with zero attached hydrogens (tertiary/aromatic N) is 3. The second-order valence-corrected chi connectivity index (χ2v) is 14.0. The predicted molar refractivity (Wildman–Crippen MR) is 212 cm³/mol. The van der Waals surface area contributed by atoms with Crippen LogP contribution in [0.5, 0.6) is 0 Å². The van der Waals surface area contributed by atoms with Gasteiger partial charge in [-0.15, -0.1) is 0 Å². The zero-order valence-corrected chi connectivity index (χ0v) is 28.4. The molecule has 8 aromatic carbocycles. The summed E-state index contributed by atoms with van der Waals surface area (Å²) < 4.78 is 0. The second kappa shape index (κ2) is 11.3. The Morgan fingerprint density at radius 1 is 0.333 bits per heavy atom. The Morgan fingerprint density at radius 3 is 1.39 bits per heavy atom. The summed E-state index contributed by atoms with van der Waals surface area (Å²) >= 11 is 0. The highest BCUT2D eigenvalue weighted by atomic mass is 15.0. The van der Waals surface area contributed by atoms with Gasteiger partial charge in [0.15, 0.2) is 17.5 Å². The highest BCUT2D eigenvalue weighted by molar-refractivity contribution is 6.00. The number of fused-ring (bicyclic) bond motifs is 6. The highest BCUT2D eigenvalue weighted by Gasteiger charge is 2.35. The maximum atomic E-state index is 5.21. The lowest BCUT2D eigenvalue weighted by Crippen LogP contribution is -2.14. The molecule has 1 aliphatic carbocycles. The fraction of sp³-hybridized carbons (Fsp3) is 0.0625. The molecule has 10 rings (SSSR count). The van der Waals surface area contributed by atoms with Gasteiger partial charge in [-0.25, -0.2) is 15.0 Å². The summed E-state index contributed by atoms with van der Waals surface area (Å²) in [5.74, 6) is 1.98. The molecule has 3 heteroatoms. The molecule has 0 bridgehead atoms. The first kappa shape index (κ1) is 29.5. The normalized spacial score (nSPS) is 13.1. The fourth-order valence-corrected chi connectivity index (χ4v) is 8.12. The van der Waals surface area contributed by atoms with Crippen LogP contribution in [-0.2, 0) is 5.41 Å². The standard InChI is InChI=1S/C48H33N3/c1-48(2)43-23-8-7-19-38(43)39-27-25-33(29-44(39)48)32-24-26-37-34(28-32)16-11-22-42(37)47-50-45(40-20-9-14-30-12-3-5-17-35(30)40)49-46(51-47)41-21-10-15-31-13-4-6-18-36(31)41/h3-29H,1-2H3. The molecule has 0 radical (unpaired) electrons. The molecule has 9 aromatic rings. The molecule has 1 heterocycles. The van der Waals surface area contributed by atoms with E-state index in [2.05, 4.69) is 178 Å². The van der Waals surface area contributed by atoms with Gasteiger partial charge in [0.2, 0.25) is 0 Å². The Hall–Kier alpha value is -6.45. The third kappa shape index (κ3) is 4.69. The van der Waals surface area contributed by atoms with Crippen LogP contribution in [0, 0.1) is 0 Å². The van der Waals surface area contributed by atoms with Crippen LogP contribution in [0.4, 0.5) is 0 Å². The van der Waals surface area contributed by atoms with E-state index >= 15 is 0 Å². The number of rotatable bonds is 4. The Kier molecular flexibility index (Phi) is 6.53. The van der Waals surface area contributed by atoms with Gasteiger partial charge in [0.1, 0.15) is 0 Å². The summed E-state index contributed by atoms with van der Waals surface area (Å²) in [5.41, 5.74) is 10.8. The van der Waals surface area contributed by atoms with E-state index in [1.54, 1.807) is 0 Å². The van der Waals surface area contributed by atoms with Crippen molar-refractivity contribution in [2.24, 2.45) is 0 Å². The minimum absolute atomic E-state index is 0.0474. The van der Waals surface area contributed by atoms with Crippen LogP contribution >= 0.6 is 0 Å². The van der Waals surface area contributed by atoms with E-state index < -0.39 is 0 Å². The maximum Gasteiger partial charge on any atom is 0.164 e. The van der Waals surface area contributed by atoms with Crippen molar-refractivity contribution in [2.45, 2.75) is 19.3 Å². The minimum Gasteiger partial charge on any atom is -0.208 e. The molecule has 0 N–H and O–H groups in total. The number of hydrogen-bond donors (Lipinski definition) is 0. The molecule has 0 saturated carbocycles. The third-order valence-corrected chi connectivity index (χ3v) is 10.7. The topological polar surface area (TPSA) is 38.7 Å². The van der Waals surface area contributed by atoms with Crippen molar-refractivity contribution in [3.8, 4) is 56.4 Å². The zero-order chi connectivity index (χ0) is 34.1. The predicted octanol–water partition coefficient (Wildman–Crippen LogP) is 12.3. The highest BCUT2D eigenvalue weighted by Crippen LogP contribution is 2.49. The molecule has 0 atom stereocenters. The quantitative estimate of drug-likeness (QED) is 0.190. The van der Waals surface area contributed by atoms with Crippen LogP contribution in [0.1, 0.15) is 25.0 Å². The van der Waals surface area contributed by atoms with Crippen LogP contribution in [0.25, 0.3) is 88.7 Å². The van der Waals surface area contributed by atoms with Crippen LogP contribution in [0.2, 0.25) is 0 Å². The molecule has 0 unspecified atom stereocenters. The van der Waals surface area contributed by atoms with Crippen molar-refractivity contribution < 1.29 is 0 Å². The molecule has 0 spiro atoms. The van der Waals surface area contributed by atoms with Gasteiger partial charge in [-0.3, -0.25) is 0 Å². The Labute approximate surface area is 297 Å². The van der Waals surface area contributed by atoms with Crippen LogP contribution in [-0.4, -0.2) is 15.0 Å². The first-order valence-electron chi connectivity index (χ1n) is 17.5. The second-order valence-electron chi connectivity index (χ2n) is 14.0. The summed E-state index contributed by atoms with van der Waals surface area (Å²) in [4.78, 5) is 15.6. The average molecular weight is 652 g/mol. The van der Waals surface area contributed by atoms with Crippen LogP contribution < -0.4 is 0 Å². The van der Waals surface area contributed by atoms with Crippen molar-refractivity contribution in [3.63, 3.8) is 0 Å². The monoisotopic (exact) mass is 651 g/mol. The zero-order valence-electron chi connectivity index (χ0n) is 28.4. The average Bonchev–Trinajstić information content (AvgIpc) is 3.42. The maximum absolute atomic E-state index is 5.21. The Morgan fingerprint density at radius 2 is 0.765 bits per heavy atom. The van der Waals surface area contributed by atoms with Crippen molar-refractivity contribution in [1.82, 2.24) is 15.0 Å². The third-order valence-electron chi connectivity index (χ3n) is 10.7. The molecule has 1 aromatic heterocycles. The molecule has 0 aliphatic heterocycles. The lowest BCUT2D eigenvalue weighted by atomic mass is 9.81. The van der Waals surface area contributed by atoms with Gasteiger partial charge in [-0.2, -0.15) is 0 Å². The summed E-state index contributed by atoms with van der Waals surface area (Å²) in [6.07, 6.45) is 0. The van der Waals surface area contributed by atoms with Gasteiger partial charge >= 0.3 is 0 Å². The summed E-state index contributed by atoms with van der Waals surface area (Å²) in [5, 5.41) is 6.79. The minimum atomic E-state index is -0.0474. The smallest absolute Gasteiger partial charge is 0.164 e. The van der Waals surface area contributed by atoms with Crippen LogP contribution in [0.3, 0.4) is 0 Å². The number of aromatic nitrogens is 3. The van der Waals surface area contributed by atoms with E-state index in [9.17, 15) is 0 Å². The van der Waals surface area contributed by atoms with Gasteiger partial charge < -0.3 is 0 Å². The van der Waals surface area contributed by atoms with Crippen molar-refractivity contribution in [3.05, 3.63) is 175 Å². The van der Waals surface area contributed by atoms with Gasteiger partial charge in [-0.05, 0) is 77.8 Å². The lowest BCUT2D eigenvalue weighted by Gasteiger charge is -2.22. The van der Waals surface area contributed by atoms with Crippen molar-refractivity contribution in [1.29, 1.82) is 0 Å². The summed E-state index contributed by atoms with van der Waals surface area (Å²) in [6, 6.07) is 58.4. The summed E-state index contributed by atoms with van der Waals surface area (Å²) in [6.45, 7) is 4.67. The molecule has 0 saturated heterocycles. The van der Waals surface area contributed by atoms with E-state index in [4.69, 9.17) is 15.0 Å². The SMILES string of the molecule is CC1(C)c2ccccc2-c2ccc(-c3ccc4c(-c5nc(-c6cccc7ccccc67)nc(-c6cccc7ccccc67)n5)cccc4c3)cc21. The molecular formula is C48H33N3. The largest absolute Gasteiger partial charge is 0.208 e. The van der Waals surface area contributed by atoms with E-state index in [1.807, 2.05) is 0 Å². The first-order chi connectivity index (χ1) is 25.0. The number of hydrogen-bond acceptors (Lipinski definition) is 3. The van der Waals surface area contributed by atoms with Gasteiger partial charge in [0.25, 0.3) is 0 Å². The van der Waals surface area contributed by atoms with E-state index in [1.165, 1.54) is 33.4 Å². The van der Waals surface area contributed by atoms with E-state index in [-0.39, 0.29) is 5.41 Å².